The summed E-state index contributed by atoms with van der Waals surface area (Å²) in [5, 5.41) is 3.17. The highest BCUT2D eigenvalue weighted by molar-refractivity contribution is 7.91. The Labute approximate surface area is 72.3 Å². The van der Waals surface area contributed by atoms with Gasteiger partial charge in [-0.1, -0.05) is 0 Å². The zero-order valence-electron chi connectivity index (χ0n) is 6.92. The summed E-state index contributed by atoms with van der Waals surface area (Å²) >= 11 is 0. The summed E-state index contributed by atoms with van der Waals surface area (Å²) in [5.74, 6) is -0.0266. The van der Waals surface area contributed by atoms with Gasteiger partial charge < -0.3 is 5.32 Å². The minimum atomic E-state index is -3.41. The third-order valence-electron chi connectivity index (χ3n) is 2.11. The first-order valence-electron chi connectivity index (χ1n) is 4.14. The first-order chi connectivity index (χ1) is 5.64. The third-order valence-corrected chi connectivity index (χ3v) is 3.30. The molecule has 1 atom stereocenters. The zero-order chi connectivity index (χ0) is 9.03. The minimum absolute atomic E-state index is 0.0266. The summed E-state index contributed by atoms with van der Waals surface area (Å²) in [7, 11) is -3.41. The number of hydrogen-bond donors (Lipinski definition) is 1. The molecule has 0 aromatic carbocycles. The molecule has 0 spiro atoms. The van der Waals surface area contributed by atoms with E-state index < -0.39 is 15.8 Å². The second-order valence-electron chi connectivity index (χ2n) is 3.14. The Hall–Kier alpha value is -0.160. The van der Waals surface area contributed by atoms with Gasteiger partial charge in [0.1, 0.15) is 0 Å². The molecule has 1 saturated heterocycles. The van der Waals surface area contributed by atoms with Crippen molar-refractivity contribution in [2.24, 2.45) is 0 Å². The van der Waals surface area contributed by atoms with E-state index >= 15 is 0 Å². The van der Waals surface area contributed by atoms with E-state index in [1.807, 2.05) is 0 Å². The molecule has 0 aliphatic carbocycles. The largest absolute Gasteiger partial charge is 0.314 e. The summed E-state index contributed by atoms with van der Waals surface area (Å²) in [6.45, 7) is 0.959. The zero-order valence-corrected chi connectivity index (χ0v) is 7.74. The second-order valence-corrected chi connectivity index (χ2v) is 5.25. The van der Waals surface area contributed by atoms with E-state index in [1.54, 1.807) is 0 Å². The molecule has 1 fully saturated rings. The lowest BCUT2D eigenvalue weighted by molar-refractivity contribution is 0.523. The predicted molar refractivity (Wildman–Crippen MR) is 45.4 cm³/mol. The van der Waals surface area contributed by atoms with Crippen molar-refractivity contribution < 1.29 is 12.8 Å². The molecular formula is C7H14FNO2S. The van der Waals surface area contributed by atoms with Crippen LogP contribution in [0.2, 0.25) is 0 Å². The van der Waals surface area contributed by atoms with Crippen LogP contribution in [0.4, 0.5) is 4.39 Å². The normalized spacial score (nSPS) is 24.6. The van der Waals surface area contributed by atoms with E-state index in [0.29, 0.717) is 6.42 Å². The van der Waals surface area contributed by atoms with Gasteiger partial charge in [0, 0.05) is 6.04 Å². The van der Waals surface area contributed by atoms with Gasteiger partial charge in [0.15, 0.2) is 15.8 Å². The van der Waals surface area contributed by atoms with Crippen LogP contribution in [0.1, 0.15) is 19.3 Å². The van der Waals surface area contributed by atoms with Crippen LogP contribution in [0, 0.1) is 0 Å². The summed E-state index contributed by atoms with van der Waals surface area (Å²) < 4.78 is 33.3. The van der Waals surface area contributed by atoms with Crippen LogP contribution >= 0.6 is 0 Å². The molecule has 0 saturated carbocycles. The molecule has 0 radical (unpaired) electrons. The Balaban J connectivity index is 2.25. The molecule has 0 amide bonds. The fourth-order valence-corrected chi connectivity index (χ4v) is 2.13. The molecule has 72 valence electrons. The molecule has 0 bridgehead atoms. The highest BCUT2D eigenvalue weighted by Crippen LogP contribution is 2.10. The number of halogens is 1. The van der Waals surface area contributed by atoms with E-state index in [9.17, 15) is 12.8 Å². The van der Waals surface area contributed by atoms with Crippen LogP contribution in [0.3, 0.4) is 0 Å². The van der Waals surface area contributed by atoms with Gasteiger partial charge in [0.25, 0.3) is 0 Å². The fourth-order valence-electron chi connectivity index (χ4n) is 1.38. The first kappa shape index (κ1) is 9.92. The Kier molecular flexibility index (Phi) is 3.46. The third kappa shape index (κ3) is 3.06. The van der Waals surface area contributed by atoms with Gasteiger partial charge in [-0.3, -0.25) is 0 Å². The van der Waals surface area contributed by atoms with Crippen molar-refractivity contribution in [1.82, 2.24) is 5.32 Å². The van der Waals surface area contributed by atoms with Crippen LogP contribution in [-0.2, 0) is 9.84 Å². The van der Waals surface area contributed by atoms with Crippen LogP contribution in [0.15, 0.2) is 0 Å². The van der Waals surface area contributed by atoms with Gasteiger partial charge in [0.05, 0.1) is 5.75 Å². The molecule has 1 aliphatic heterocycles. The monoisotopic (exact) mass is 195 g/mol. The Bertz CT molecular complexity index is 222. The highest BCUT2D eigenvalue weighted by Gasteiger charge is 2.17. The maximum atomic E-state index is 11.8. The van der Waals surface area contributed by atoms with Gasteiger partial charge in [-0.05, 0) is 25.8 Å². The van der Waals surface area contributed by atoms with E-state index in [0.717, 1.165) is 19.4 Å². The first-order valence-corrected chi connectivity index (χ1v) is 5.96. The Morgan fingerprint density at radius 1 is 1.50 bits per heavy atom. The molecule has 1 aliphatic rings. The molecule has 5 heteroatoms. The van der Waals surface area contributed by atoms with Gasteiger partial charge in [-0.2, -0.15) is 0 Å². The van der Waals surface area contributed by atoms with Crippen LogP contribution in [-0.4, -0.2) is 32.8 Å². The van der Waals surface area contributed by atoms with Crippen LogP contribution in [0.25, 0.3) is 0 Å². The second kappa shape index (κ2) is 4.18. The summed E-state index contributed by atoms with van der Waals surface area (Å²) in [6, 6.07) is -0.939. The van der Waals surface area contributed by atoms with E-state index in [2.05, 4.69) is 5.32 Å². The quantitative estimate of drug-likeness (QED) is 0.709. The lowest BCUT2D eigenvalue weighted by atomic mass is 10.2. The predicted octanol–water partition coefficient (Wildman–Crippen LogP) is 0.470. The van der Waals surface area contributed by atoms with Gasteiger partial charge in [0.2, 0.25) is 0 Å². The van der Waals surface area contributed by atoms with Crippen molar-refractivity contribution in [1.29, 1.82) is 0 Å². The molecule has 1 N–H and O–H groups in total. The molecule has 0 aromatic heterocycles. The molecule has 1 rings (SSSR count). The fraction of sp³-hybridized carbons (Fsp3) is 1.00. The minimum Gasteiger partial charge on any atom is -0.314 e. The van der Waals surface area contributed by atoms with Crippen LogP contribution in [0.5, 0.6) is 0 Å². The SMILES string of the molecule is O=S(=O)(CF)CCC1CCCN1. The van der Waals surface area contributed by atoms with Crippen molar-refractivity contribution in [3.8, 4) is 0 Å². The van der Waals surface area contributed by atoms with Gasteiger partial charge in [-0.15, -0.1) is 0 Å². The average Bonchev–Trinajstić information content (AvgIpc) is 2.53. The number of alkyl halides is 1. The summed E-state index contributed by atoms with van der Waals surface area (Å²) in [4.78, 5) is 0. The van der Waals surface area contributed by atoms with Crippen molar-refractivity contribution in [2.45, 2.75) is 25.3 Å². The smallest absolute Gasteiger partial charge is 0.190 e. The van der Waals surface area contributed by atoms with Crippen molar-refractivity contribution in [2.75, 3.05) is 18.3 Å². The number of sulfone groups is 1. The summed E-state index contributed by atoms with van der Waals surface area (Å²) in [5.41, 5.74) is 0. The Morgan fingerprint density at radius 2 is 2.25 bits per heavy atom. The summed E-state index contributed by atoms with van der Waals surface area (Å²) in [6.07, 6.45) is 2.66. The van der Waals surface area contributed by atoms with E-state index in [4.69, 9.17) is 0 Å². The standard InChI is InChI=1S/C7H14FNO2S/c8-6-12(10,11)5-3-7-2-1-4-9-7/h7,9H,1-6H2. The highest BCUT2D eigenvalue weighted by atomic mass is 32.2. The van der Waals surface area contributed by atoms with Crippen molar-refractivity contribution >= 4 is 9.84 Å². The van der Waals surface area contributed by atoms with Crippen LogP contribution < -0.4 is 5.32 Å². The topological polar surface area (TPSA) is 46.2 Å². The molecule has 3 nitrogen and oxygen atoms in total. The number of rotatable bonds is 4. The maximum absolute atomic E-state index is 11.8. The molecule has 0 aromatic rings. The molecule has 1 unspecified atom stereocenters. The molecular weight excluding hydrogens is 181 g/mol. The Morgan fingerprint density at radius 3 is 2.75 bits per heavy atom. The van der Waals surface area contributed by atoms with Crippen molar-refractivity contribution in [3.63, 3.8) is 0 Å². The average molecular weight is 195 g/mol. The molecule has 1 heterocycles. The lowest BCUT2D eigenvalue weighted by Crippen LogP contribution is -2.24. The van der Waals surface area contributed by atoms with Gasteiger partial charge in [-0.25, -0.2) is 12.8 Å². The van der Waals surface area contributed by atoms with E-state index in [-0.39, 0.29) is 11.8 Å². The van der Waals surface area contributed by atoms with Crippen molar-refractivity contribution in [3.05, 3.63) is 0 Å². The molecule has 12 heavy (non-hydrogen) atoms. The number of hydrogen-bond acceptors (Lipinski definition) is 3. The number of nitrogens with one attached hydrogen (secondary N) is 1. The van der Waals surface area contributed by atoms with E-state index in [1.165, 1.54) is 0 Å². The van der Waals surface area contributed by atoms with Gasteiger partial charge >= 0.3 is 0 Å². The lowest BCUT2D eigenvalue weighted by Gasteiger charge is -2.08. The maximum Gasteiger partial charge on any atom is 0.190 e.